The van der Waals surface area contributed by atoms with Crippen LogP contribution >= 0.6 is 0 Å². The van der Waals surface area contributed by atoms with E-state index in [4.69, 9.17) is 15.9 Å². The van der Waals surface area contributed by atoms with Crippen LogP contribution in [0.4, 0.5) is 0 Å². The van der Waals surface area contributed by atoms with E-state index in [1.165, 1.54) is 0 Å². The molecule has 0 spiro atoms. The first kappa shape index (κ1) is 8.48. The maximum Gasteiger partial charge on any atom is 0.352 e. The molecule has 4 N–H and O–H groups in total. The summed E-state index contributed by atoms with van der Waals surface area (Å²) in [4.78, 5) is 20.0. The summed E-state index contributed by atoms with van der Waals surface area (Å²) in [5, 5.41) is 16.4. The Labute approximate surface area is 56.8 Å². The molecule has 0 aromatic heterocycles. The van der Waals surface area contributed by atoms with Gasteiger partial charge >= 0.3 is 11.9 Å². The molecule has 0 amide bonds. The van der Waals surface area contributed by atoms with Crippen molar-refractivity contribution in [2.24, 2.45) is 5.73 Å². The van der Waals surface area contributed by atoms with Crippen LogP contribution in [0.3, 0.4) is 0 Å². The van der Waals surface area contributed by atoms with Crippen molar-refractivity contribution in [2.45, 2.75) is 6.92 Å². The second-order valence-electron chi connectivity index (χ2n) is 1.65. The fourth-order valence-corrected chi connectivity index (χ4v) is 0.276. The highest BCUT2D eigenvalue weighted by Gasteiger charge is 2.11. The van der Waals surface area contributed by atoms with Crippen LogP contribution in [0, 0.1) is 0 Å². The molecule has 0 aliphatic heterocycles. The van der Waals surface area contributed by atoms with Crippen LogP contribution in [0.5, 0.6) is 0 Å². The highest BCUT2D eigenvalue weighted by atomic mass is 16.4. The van der Waals surface area contributed by atoms with Gasteiger partial charge in [0, 0.05) is 0 Å². The number of nitrogens with two attached hydrogens (primary N) is 1. The van der Waals surface area contributed by atoms with Crippen LogP contribution < -0.4 is 5.73 Å². The molecule has 0 saturated heterocycles. The Morgan fingerprint density at radius 1 is 1.20 bits per heavy atom. The quantitative estimate of drug-likeness (QED) is 0.450. The summed E-state index contributed by atoms with van der Waals surface area (Å²) >= 11 is 0. The van der Waals surface area contributed by atoms with Crippen molar-refractivity contribution in [3.8, 4) is 0 Å². The van der Waals surface area contributed by atoms with Gasteiger partial charge in [0.2, 0.25) is 0 Å². The molecule has 0 aliphatic carbocycles. The minimum atomic E-state index is -1.42. The van der Waals surface area contributed by atoms with Crippen molar-refractivity contribution in [2.75, 3.05) is 0 Å². The molecule has 10 heavy (non-hydrogen) atoms. The van der Waals surface area contributed by atoms with E-state index < -0.39 is 17.6 Å². The molecule has 0 aliphatic rings. The molecule has 5 nitrogen and oxygen atoms in total. The Bertz CT molecular complexity index is 184. The summed E-state index contributed by atoms with van der Waals surface area (Å²) in [5.41, 5.74) is 3.87. The Hall–Kier alpha value is -1.52. The van der Waals surface area contributed by atoms with Crippen LogP contribution in [0.1, 0.15) is 6.92 Å². The number of carboxylic acids is 2. The van der Waals surface area contributed by atoms with Gasteiger partial charge in [-0.15, -0.1) is 0 Å². The molecule has 0 fully saturated rings. The van der Waals surface area contributed by atoms with Crippen LogP contribution in [0.25, 0.3) is 0 Å². The van der Waals surface area contributed by atoms with Crippen LogP contribution in [-0.4, -0.2) is 22.2 Å². The number of carbonyl (C=O) groups is 2. The molecule has 0 aromatic carbocycles. The predicted octanol–water partition coefficient (Wildman–Crippen LogP) is -0.612. The van der Waals surface area contributed by atoms with Gasteiger partial charge in [-0.25, -0.2) is 9.59 Å². The maximum atomic E-state index is 10.0. The van der Waals surface area contributed by atoms with E-state index >= 15 is 0 Å². The molecule has 0 atom stereocenters. The monoisotopic (exact) mass is 145 g/mol. The lowest BCUT2D eigenvalue weighted by molar-refractivity contribution is -0.135. The largest absolute Gasteiger partial charge is 0.478 e. The summed E-state index contributed by atoms with van der Waals surface area (Å²) in [5.74, 6) is -2.74. The van der Waals surface area contributed by atoms with Gasteiger partial charge in [0.05, 0.1) is 5.57 Å². The minimum Gasteiger partial charge on any atom is -0.478 e. The summed E-state index contributed by atoms with van der Waals surface area (Å²) in [6.07, 6.45) is 0. The highest BCUT2D eigenvalue weighted by molar-refractivity contribution is 5.97. The zero-order valence-corrected chi connectivity index (χ0v) is 5.29. The second kappa shape index (κ2) is 2.86. The van der Waals surface area contributed by atoms with E-state index in [0.717, 1.165) is 6.92 Å². The van der Waals surface area contributed by atoms with E-state index in [1.54, 1.807) is 0 Å². The molecule has 56 valence electrons. The fourth-order valence-electron chi connectivity index (χ4n) is 0.276. The number of aliphatic carboxylic acids is 2. The van der Waals surface area contributed by atoms with Crippen molar-refractivity contribution in [1.29, 1.82) is 0 Å². The third kappa shape index (κ3) is 1.77. The van der Waals surface area contributed by atoms with Gasteiger partial charge in [-0.3, -0.25) is 0 Å². The smallest absolute Gasteiger partial charge is 0.352 e. The van der Waals surface area contributed by atoms with Crippen LogP contribution in [-0.2, 0) is 9.59 Å². The summed E-state index contributed by atoms with van der Waals surface area (Å²) in [6.45, 7) is 1.13. The maximum absolute atomic E-state index is 10.0. The van der Waals surface area contributed by atoms with E-state index in [0.29, 0.717) is 0 Å². The SMILES string of the molecule is CC(C(=O)O)=C(N)C(=O)O. The Kier molecular flexibility index (Phi) is 2.43. The van der Waals surface area contributed by atoms with Gasteiger partial charge in [0.15, 0.2) is 0 Å². The summed E-state index contributed by atoms with van der Waals surface area (Å²) in [6, 6.07) is 0. The fraction of sp³-hybridized carbons (Fsp3) is 0.200. The van der Waals surface area contributed by atoms with Gasteiger partial charge in [0.25, 0.3) is 0 Å². The van der Waals surface area contributed by atoms with Crippen molar-refractivity contribution in [3.63, 3.8) is 0 Å². The zero-order chi connectivity index (χ0) is 8.31. The van der Waals surface area contributed by atoms with Gasteiger partial charge in [0.1, 0.15) is 5.70 Å². The molecular weight excluding hydrogens is 138 g/mol. The second-order valence-corrected chi connectivity index (χ2v) is 1.65. The van der Waals surface area contributed by atoms with E-state index in [1.807, 2.05) is 0 Å². The lowest BCUT2D eigenvalue weighted by Crippen LogP contribution is -2.16. The first-order chi connectivity index (χ1) is 4.46. The molecule has 0 radical (unpaired) electrons. The lowest BCUT2D eigenvalue weighted by Gasteiger charge is -1.95. The Balaban J connectivity index is 4.67. The lowest BCUT2D eigenvalue weighted by atomic mass is 10.2. The Morgan fingerprint density at radius 2 is 1.60 bits per heavy atom. The minimum absolute atomic E-state index is 0.354. The van der Waals surface area contributed by atoms with Crippen molar-refractivity contribution in [1.82, 2.24) is 0 Å². The molecule has 0 unspecified atom stereocenters. The van der Waals surface area contributed by atoms with Gasteiger partial charge in [-0.2, -0.15) is 0 Å². The van der Waals surface area contributed by atoms with Crippen LogP contribution in [0.15, 0.2) is 11.3 Å². The van der Waals surface area contributed by atoms with Gasteiger partial charge < -0.3 is 15.9 Å². The summed E-state index contributed by atoms with van der Waals surface area (Å²) in [7, 11) is 0. The summed E-state index contributed by atoms with van der Waals surface area (Å²) < 4.78 is 0. The topological polar surface area (TPSA) is 101 Å². The number of carboxylic acid groups (broad SMARTS) is 2. The average molecular weight is 145 g/mol. The predicted molar refractivity (Wildman–Crippen MR) is 32.2 cm³/mol. The zero-order valence-electron chi connectivity index (χ0n) is 5.29. The average Bonchev–Trinajstić information content (AvgIpc) is 1.84. The third-order valence-corrected chi connectivity index (χ3v) is 0.955. The van der Waals surface area contributed by atoms with Gasteiger partial charge in [-0.1, -0.05) is 0 Å². The van der Waals surface area contributed by atoms with Gasteiger partial charge in [-0.05, 0) is 6.92 Å². The molecular formula is C5H7NO4. The molecule has 0 heterocycles. The number of rotatable bonds is 2. The van der Waals surface area contributed by atoms with Crippen LogP contribution in [0.2, 0.25) is 0 Å². The Morgan fingerprint density at radius 3 is 1.70 bits per heavy atom. The normalized spacial score (nSPS) is 12.1. The standard InChI is InChI=1S/C5H7NO4/c1-2(4(7)8)3(6)5(9)10/h6H2,1H3,(H,7,8)(H,9,10). The van der Waals surface area contributed by atoms with Crippen molar-refractivity contribution in [3.05, 3.63) is 11.3 Å². The molecule has 0 saturated carbocycles. The van der Waals surface area contributed by atoms with E-state index in [2.05, 4.69) is 0 Å². The highest BCUT2D eigenvalue weighted by Crippen LogP contribution is 1.96. The molecule has 0 bridgehead atoms. The molecule has 0 rings (SSSR count). The van der Waals surface area contributed by atoms with E-state index in [-0.39, 0.29) is 5.57 Å². The number of hydrogen-bond donors (Lipinski definition) is 3. The van der Waals surface area contributed by atoms with Crippen molar-refractivity contribution < 1.29 is 19.8 Å². The molecule has 0 aromatic rings. The molecule has 5 heteroatoms. The first-order valence-electron chi connectivity index (χ1n) is 2.39. The first-order valence-corrected chi connectivity index (χ1v) is 2.39. The van der Waals surface area contributed by atoms with E-state index in [9.17, 15) is 9.59 Å². The number of hydrogen-bond acceptors (Lipinski definition) is 3. The van der Waals surface area contributed by atoms with Crippen molar-refractivity contribution >= 4 is 11.9 Å². The third-order valence-electron chi connectivity index (χ3n) is 0.955.